The number of aliphatic hydroxyl groups excluding tert-OH is 1. The van der Waals surface area contributed by atoms with Gasteiger partial charge in [0.25, 0.3) is 5.71 Å². The first kappa shape index (κ1) is 17.2. The fourth-order valence-corrected chi connectivity index (χ4v) is 6.44. The van der Waals surface area contributed by atoms with Crippen molar-refractivity contribution < 1.29 is 14.3 Å². The average molecular weight is 383 g/mol. The molecular formula is C19H26ClFN3O2+. The number of rotatable bonds is 2. The van der Waals surface area contributed by atoms with Gasteiger partial charge in [-0.2, -0.15) is 0 Å². The number of carbonyl (C=O) groups is 1. The molecular weight excluding hydrogens is 357 g/mol. The number of nitrogens with zero attached hydrogens (tertiary/aromatic N) is 3. The number of alkyl halides is 2. The van der Waals surface area contributed by atoms with E-state index in [1.807, 2.05) is 6.92 Å². The highest BCUT2D eigenvalue weighted by molar-refractivity contribution is 6.24. The van der Waals surface area contributed by atoms with Crippen LogP contribution in [0.25, 0.3) is 0 Å². The van der Waals surface area contributed by atoms with Crippen LogP contribution in [0.5, 0.6) is 0 Å². The molecule has 0 aromatic heterocycles. The molecule has 5 nitrogen and oxygen atoms in total. The van der Waals surface area contributed by atoms with E-state index in [0.717, 1.165) is 18.2 Å². The number of piperidine rings is 2. The van der Waals surface area contributed by atoms with Crippen LogP contribution < -0.4 is 4.67 Å². The SMILES string of the molecule is C[C@H]1C2C(=[N+]=C3C(F)C(Cl)CC(N4CCC5CC54)C32)CCN1C(=O)CO. The summed E-state index contributed by atoms with van der Waals surface area (Å²) >= 11 is 6.41. The monoisotopic (exact) mass is 382 g/mol. The number of aliphatic hydroxyl groups is 1. The highest BCUT2D eigenvalue weighted by atomic mass is 35.5. The molecule has 0 aromatic rings. The molecule has 2 saturated carbocycles. The Morgan fingerprint density at radius 1 is 1.31 bits per heavy atom. The molecule has 4 fully saturated rings. The molecule has 0 bridgehead atoms. The van der Waals surface area contributed by atoms with Gasteiger partial charge in [0.1, 0.15) is 6.61 Å². The average Bonchev–Trinajstić information content (AvgIpc) is 3.11. The Morgan fingerprint density at radius 3 is 2.77 bits per heavy atom. The molecule has 0 spiro atoms. The Balaban J connectivity index is 1.49. The molecule has 0 aromatic carbocycles. The largest absolute Gasteiger partial charge is 0.387 e. The third kappa shape index (κ3) is 2.35. The van der Waals surface area contributed by atoms with Gasteiger partial charge in [0.15, 0.2) is 0 Å². The summed E-state index contributed by atoms with van der Waals surface area (Å²) in [6, 6.07) is 0.790. The fraction of sp³-hybridized carbons (Fsp3) is 0.842. The zero-order valence-corrected chi connectivity index (χ0v) is 15.8. The van der Waals surface area contributed by atoms with Crippen molar-refractivity contribution in [3.63, 3.8) is 0 Å². The number of fused-ring (bicyclic) bond motifs is 4. The minimum absolute atomic E-state index is 0.0126. The maximum atomic E-state index is 15.0. The molecule has 1 N–H and O–H groups in total. The summed E-state index contributed by atoms with van der Waals surface area (Å²) in [6.45, 7) is 3.17. The van der Waals surface area contributed by atoms with Crippen LogP contribution in [-0.4, -0.2) is 81.6 Å². The molecule has 2 aliphatic carbocycles. The number of hydrogen-bond donors (Lipinski definition) is 1. The lowest BCUT2D eigenvalue weighted by molar-refractivity contribution is -0.137. The summed E-state index contributed by atoms with van der Waals surface area (Å²) < 4.78 is 19.7. The molecule has 3 heterocycles. The first-order chi connectivity index (χ1) is 12.5. The lowest BCUT2D eigenvalue weighted by Crippen LogP contribution is -2.60. The number of likely N-dealkylation sites (tertiary alicyclic amines) is 2. The van der Waals surface area contributed by atoms with E-state index in [9.17, 15) is 14.3 Å². The summed E-state index contributed by atoms with van der Waals surface area (Å²) in [7, 11) is 0. The van der Waals surface area contributed by atoms with Crippen molar-refractivity contribution >= 4 is 28.9 Å². The van der Waals surface area contributed by atoms with Gasteiger partial charge in [-0.1, -0.05) is 4.67 Å². The fourth-order valence-electron chi connectivity index (χ4n) is 6.13. The van der Waals surface area contributed by atoms with Crippen molar-refractivity contribution in [2.45, 2.75) is 62.3 Å². The molecule has 7 heteroatoms. The van der Waals surface area contributed by atoms with Gasteiger partial charge in [-0.05, 0) is 38.6 Å². The summed E-state index contributed by atoms with van der Waals surface area (Å²) in [5.41, 5.74) is 1.65. The Bertz CT molecular complexity index is 709. The normalized spacial score (nSPS) is 47.0. The van der Waals surface area contributed by atoms with Crippen LogP contribution in [0.3, 0.4) is 0 Å². The zero-order chi connectivity index (χ0) is 18.2. The highest BCUT2D eigenvalue weighted by Crippen LogP contribution is 2.50. The molecule has 3 aliphatic heterocycles. The van der Waals surface area contributed by atoms with Gasteiger partial charge < -0.3 is 10.0 Å². The van der Waals surface area contributed by atoms with Crippen LogP contribution in [0.2, 0.25) is 0 Å². The standard InChI is InChI=1S/C19H26ClFN3O2/c1-9-16-12(3-5-23(9)15(26)8-25)22-19-17(16)14(7-11(20)18(19)21)24-4-2-10-6-13(10)24/h9-11,13-14,16-18,25H,2-8H2,1H3/q+1/t9-,10?,11?,13?,14?,16?,17?,18?/m0/s1. The van der Waals surface area contributed by atoms with E-state index in [4.69, 9.17) is 16.3 Å². The second-order valence-corrected chi connectivity index (χ2v) is 9.19. The Labute approximate surface area is 157 Å². The van der Waals surface area contributed by atoms with Crippen molar-refractivity contribution in [2.75, 3.05) is 19.7 Å². The minimum atomic E-state index is -1.19. The maximum Gasteiger partial charge on any atom is 0.321 e. The Kier molecular flexibility index (Phi) is 3.98. The third-order valence-corrected chi connectivity index (χ3v) is 7.84. The predicted octanol–water partition coefficient (Wildman–Crippen LogP) is 0.607. The van der Waals surface area contributed by atoms with Crippen molar-refractivity contribution in [3.05, 3.63) is 0 Å². The molecule has 0 radical (unpaired) electrons. The van der Waals surface area contributed by atoms with E-state index in [1.54, 1.807) is 4.90 Å². The van der Waals surface area contributed by atoms with Gasteiger partial charge >= 0.3 is 5.71 Å². The number of halogens is 2. The first-order valence-corrected chi connectivity index (χ1v) is 10.3. The zero-order valence-electron chi connectivity index (χ0n) is 15.0. The molecule has 7 unspecified atom stereocenters. The Morgan fingerprint density at radius 2 is 2.12 bits per heavy atom. The molecule has 8 atom stereocenters. The number of carbonyl (C=O) groups excluding carboxylic acids is 1. The molecule has 5 rings (SSSR count). The topological polar surface area (TPSA) is 57.9 Å². The van der Waals surface area contributed by atoms with Crippen LogP contribution in [0.1, 0.15) is 32.6 Å². The predicted molar refractivity (Wildman–Crippen MR) is 98.2 cm³/mol. The summed E-state index contributed by atoms with van der Waals surface area (Å²) in [5, 5.41) is 8.79. The lowest BCUT2D eigenvalue weighted by Gasteiger charge is -2.44. The highest BCUT2D eigenvalue weighted by Gasteiger charge is 2.64. The van der Waals surface area contributed by atoms with E-state index < -0.39 is 18.2 Å². The van der Waals surface area contributed by atoms with E-state index >= 15 is 0 Å². The van der Waals surface area contributed by atoms with E-state index in [0.29, 0.717) is 31.1 Å². The van der Waals surface area contributed by atoms with Gasteiger partial charge in [-0.3, -0.25) is 9.69 Å². The second kappa shape index (κ2) is 6.03. The Hall–Kier alpha value is -0.940. The van der Waals surface area contributed by atoms with Gasteiger partial charge in [0.05, 0.1) is 23.6 Å². The lowest BCUT2D eigenvalue weighted by atomic mass is 9.69. The van der Waals surface area contributed by atoms with E-state index in [2.05, 4.69) is 4.90 Å². The van der Waals surface area contributed by atoms with Crippen LogP contribution in [0.4, 0.5) is 4.39 Å². The third-order valence-electron chi connectivity index (χ3n) is 7.44. The van der Waals surface area contributed by atoms with E-state index in [1.165, 1.54) is 12.8 Å². The molecule has 26 heavy (non-hydrogen) atoms. The number of hydrogen-bond acceptors (Lipinski definition) is 3. The molecule has 5 aliphatic rings. The first-order valence-electron chi connectivity index (χ1n) is 9.89. The van der Waals surface area contributed by atoms with E-state index in [-0.39, 0.29) is 29.8 Å². The van der Waals surface area contributed by atoms with Gasteiger partial charge in [-0.25, -0.2) is 4.39 Å². The molecule has 142 valence electrons. The van der Waals surface area contributed by atoms with Crippen LogP contribution in [0.15, 0.2) is 0 Å². The quantitative estimate of drug-likeness (QED) is 0.562. The molecule has 2 saturated heterocycles. The van der Waals surface area contributed by atoms with Crippen molar-refractivity contribution in [2.24, 2.45) is 17.8 Å². The maximum absolute atomic E-state index is 15.0. The van der Waals surface area contributed by atoms with Crippen molar-refractivity contribution in [1.29, 1.82) is 0 Å². The van der Waals surface area contributed by atoms with Crippen LogP contribution in [0, 0.1) is 17.8 Å². The van der Waals surface area contributed by atoms with Gasteiger partial charge in [-0.15, -0.1) is 11.6 Å². The molecule has 1 amide bonds. The summed E-state index contributed by atoms with van der Waals surface area (Å²) in [6.07, 6.45) is 2.62. The summed E-state index contributed by atoms with van der Waals surface area (Å²) in [5.74, 6) is 0.638. The van der Waals surface area contributed by atoms with Gasteiger partial charge in [0, 0.05) is 24.7 Å². The number of amides is 1. The van der Waals surface area contributed by atoms with Crippen molar-refractivity contribution in [1.82, 2.24) is 14.5 Å². The van der Waals surface area contributed by atoms with Gasteiger partial charge in [0.2, 0.25) is 12.1 Å². The van der Waals surface area contributed by atoms with Crippen LogP contribution >= 0.6 is 11.6 Å². The second-order valence-electron chi connectivity index (χ2n) is 8.63. The van der Waals surface area contributed by atoms with Crippen LogP contribution in [-0.2, 0) is 4.79 Å². The van der Waals surface area contributed by atoms with Crippen molar-refractivity contribution in [3.8, 4) is 0 Å². The smallest absolute Gasteiger partial charge is 0.321 e. The minimum Gasteiger partial charge on any atom is -0.387 e. The summed E-state index contributed by atoms with van der Waals surface area (Å²) in [4.78, 5) is 16.5.